The molecule has 0 aliphatic carbocycles. The Kier molecular flexibility index (Phi) is 10.5. The summed E-state index contributed by atoms with van der Waals surface area (Å²) in [4.78, 5) is 18.8. The van der Waals surface area contributed by atoms with Crippen LogP contribution >= 0.6 is 0 Å². The topological polar surface area (TPSA) is 64.7 Å². The summed E-state index contributed by atoms with van der Waals surface area (Å²) in [5.74, 6) is -0.0647. The number of hydrogen-bond donors (Lipinski definition) is 0. The van der Waals surface area contributed by atoms with E-state index in [9.17, 15) is 0 Å². The van der Waals surface area contributed by atoms with E-state index >= 15 is 0 Å². The van der Waals surface area contributed by atoms with Gasteiger partial charge >= 0.3 is 0 Å². The van der Waals surface area contributed by atoms with Crippen molar-refractivity contribution in [3.05, 3.63) is 121 Å². The van der Waals surface area contributed by atoms with Crippen LogP contribution in [0.3, 0.4) is 0 Å². The molecule has 0 spiro atoms. The van der Waals surface area contributed by atoms with Crippen molar-refractivity contribution < 1.29 is 25.9 Å². The van der Waals surface area contributed by atoms with E-state index in [1.54, 1.807) is 6.20 Å². The van der Waals surface area contributed by atoms with Crippen LogP contribution in [0.1, 0.15) is 26.8 Å². The maximum Gasteiger partial charge on any atom is 0.124 e. The molecule has 8 heteroatoms. The third-order valence-electron chi connectivity index (χ3n) is 8.17. The van der Waals surface area contributed by atoms with Crippen LogP contribution in [0.4, 0.5) is 0 Å². The predicted octanol–water partition coefficient (Wildman–Crippen LogP) is 9.67. The van der Waals surface area contributed by atoms with Crippen molar-refractivity contribution in [3.8, 4) is 33.9 Å². The summed E-state index contributed by atoms with van der Waals surface area (Å²) >= 11 is 0. The van der Waals surface area contributed by atoms with E-state index in [1.165, 1.54) is 0 Å². The smallest absolute Gasteiger partial charge is 0.124 e. The maximum atomic E-state index is 8.37. The van der Waals surface area contributed by atoms with Gasteiger partial charge in [-0.3, -0.25) is 15.0 Å². The summed E-state index contributed by atoms with van der Waals surface area (Å²) in [6.45, 7) is 17.5. The van der Waals surface area contributed by atoms with Gasteiger partial charge in [0.15, 0.2) is 0 Å². The number of fused-ring (bicyclic) bond motifs is 3. The number of rotatable bonds is 6. The Morgan fingerprint density at radius 3 is 2.14 bits per heavy atom. The van der Waals surface area contributed by atoms with Gasteiger partial charge in [0.25, 0.3) is 0 Å². The second-order valence-corrected chi connectivity index (χ2v) is 24.3. The molecule has 0 aliphatic heterocycles. The first kappa shape index (κ1) is 34.8. The molecule has 49 heavy (non-hydrogen) atoms. The van der Waals surface area contributed by atoms with E-state index in [0.717, 1.165) is 66.2 Å². The zero-order valence-electron chi connectivity index (χ0n) is 30.3. The van der Waals surface area contributed by atoms with Gasteiger partial charge in [0.05, 0.1) is 25.2 Å². The molecule has 0 atom stereocenters. The minimum Gasteiger partial charge on any atom is -0.500 e. The Morgan fingerprint density at radius 1 is 0.776 bits per heavy atom. The Hall–Kier alpha value is -4.08. The van der Waals surface area contributed by atoms with Crippen LogP contribution in [0.15, 0.2) is 108 Å². The number of pyridine rings is 2. The minimum atomic E-state index is -1.63. The zero-order valence-corrected chi connectivity index (χ0v) is 33.7. The normalized spacial score (nSPS) is 12.2. The van der Waals surface area contributed by atoms with Gasteiger partial charge in [-0.15, -0.1) is 54.1 Å². The molecule has 0 fully saturated rings. The largest absolute Gasteiger partial charge is 0.500 e. The fourth-order valence-electron chi connectivity index (χ4n) is 5.62. The van der Waals surface area contributed by atoms with Crippen molar-refractivity contribution in [3.63, 3.8) is 0 Å². The van der Waals surface area contributed by atoms with Crippen LogP contribution in [0.25, 0.3) is 55.8 Å². The number of furan rings is 1. The van der Waals surface area contributed by atoms with Gasteiger partial charge in [0, 0.05) is 55.8 Å². The van der Waals surface area contributed by atoms with Crippen LogP contribution in [-0.4, -0.2) is 36.1 Å². The quantitative estimate of drug-likeness (QED) is 0.123. The number of nitrogens with zero attached hydrogens (tertiary/aromatic N) is 4. The molecule has 1 radical (unpaired) electrons. The molecule has 7 rings (SSSR count). The number of hydrogen-bond acceptors (Lipinski definition) is 5. The van der Waals surface area contributed by atoms with Crippen molar-refractivity contribution in [2.45, 2.75) is 59.0 Å². The third kappa shape index (κ3) is 7.89. The molecule has 7 aromatic rings. The molecular weight excluding hydrogens is 813 g/mol. The summed E-state index contributed by atoms with van der Waals surface area (Å²) in [6, 6.07) is 36.6. The Morgan fingerprint density at radius 2 is 1.51 bits per heavy atom. The zero-order chi connectivity index (χ0) is 35.0. The molecule has 0 bridgehead atoms. The second-order valence-electron chi connectivity index (χ2n) is 14.2. The van der Waals surface area contributed by atoms with Gasteiger partial charge < -0.3 is 9.40 Å². The van der Waals surface area contributed by atoms with Gasteiger partial charge in [0.2, 0.25) is 0 Å². The van der Waals surface area contributed by atoms with Crippen LogP contribution in [-0.2, 0) is 20.1 Å². The van der Waals surface area contributed by atoms with E-state index in [0.29, 0.717) is 5.82 Å². The van der Waals surface area contributed by atoms with E-state index in [1.807, 2.05) is 74.6 Å². The summed E-state index contributed by atoms with van der Waals surface area (Å²) < 4.78 is 14.8. The summed E-state index contributed by atoms with van der Waals surface area (Å²) in [5.41, 5.74) is 7.24. The average molecular weight is 856 g/mol. The van der Waals surface area contributed by atoms with Gasteiger partial charge in [-0.2, -0.15) is 0 Å². The van der Waals surface area contributed by atoms with E-state index in [4.69, 9.17) is 10.8 Å². The summed E-state index contributed by atoms with van der Waals surface area (Å²) in [5, 5.41) is 4.41. The fourth-order valence-corrected chi connectivity index (χ4v) is 8.10. The number of aromatic nitrogens is 4. The first-order valence-corrected chi connectivity index (χ1v) is 23.3. The van der Waals surface area contributed by atoms with Crippen LogP contribution in [0, 0.1) is 12.1 Å². The molecule has 0 unspecified atom stereocenters. The van der Waals surface area contributed by atoms with E-state index in [2.05, 4.69) is 103 Å². The molecular formula is C41H42IrN4OSi2-2. The molecule has 0 amide bonds. The third-order valence-corrected chi connectivity index (χ3v) is 11.9. The van der Waals surface area contributed by atoms with Crippen molar-refractivity contribution in [2.24, 2.45) is 0 Å². The molecule has 0 aliphatic rings. The van der Waals surface area contributed by atoms with Crippen molar-refractivity contribution in [1.82, 2.24) is 19.9 Å². The Bertz CT molecular complexity index is 2230. The van der Waals surface area contributed by atoms with Gasteiger partial charge in [0.1, 0.15) is 13.7 Å². The summed E-state index contributed by atoms with van der Waals surface area (Å²) in [7, 11) is -3.20. The van der Waals surface area contributed by atoms with Gasteiger partial charge in [-0.25, -0.2) is 0 Å². The monoisotopic (exact) mass is 856 g/mol. The number of benzene rings is 3. The van der Waals surface area contributed by atoms with Crippen LogP contribution in [0.2, 0.25) is 39.3 Å². The van der Waals surface area contributed by atoms with Crippen LogP contribution < -0.4 is 10.5 Å². The SMILES string of the molecule is C[Si](C)(C)c1cc2oc3c(-c4ccccn4)[c-]ccc3c2c(-c2ccccc2)n1.[2H]C(C)(C)c1nc(-c2[c-]cccc2)ncc1[Si](C)(C)C.[Ir]. The standard InChI is InChI=1S/C25H21N2OSi.C16H21N2Si.Ir/c1-29(2,3)22-16-21-23(24(27-22)17-10-5-4-6-11-17)19-13-9-12-18(25(19)28-21)20-14-7-8-15-26-20;1-12(2)15-14(19(3,4)5)11-17-16(18-15)13-9-7-6-8-10-13;/h4-11,13-16H,1-3H3;6-9,11-12H,1-5H3;/q2*-1;/i;12D;. The Labute approximate surface area is 307 Å². The molecule has 0 saturated heterocycles. The first-order chi connectivity index (χ1) is 23.2. The maximum absolute atomic E-state index is 8.37. The van der Waals surface area contributed by atoms with Crippen molar-refractivity contribution in [1.29, 1.82) is 0 Å². The molecule has 0 saturated carbocycles. The van der Waals surface area contributed by atoms with Gasteiger partial charge in [-0.1, -0.05) is 107 Å². The molecule has 5 nitrogen and oxygen atoms in total. The second kappa shape index (κ2) is 14.8. The molecule has 0 N–H and O–H groups in total. The first-order valence-electron chi connectivity index (χ1n) is 16.8. The van der Waals surface area contributed by atoms with E-state index < -0.39 is 22.0 Å². The minimum absolute atomic E-state index is 0. The van der Waals surface area contributed by atoms with Crippen LogP contribution in [0.5, 0.6) is 0 Å². The van der Waals surface area contributed by atoms with E-state index in [-0.39, 0.29) is 20.1 Å². The predicted molar refractivity (Wildman–Crippen MR) is 205 cm³/mol. The molecule has 4 heterocycles. The average Bonchev–Trinajstić information content (AvgIpc) is 3.47. The summed E-state index contributed by atoms with van der Waals surface area (Å²) in [6.07, 6.45) is 3.71. The fraction of sp³-hybridized carbons (Fsp3) is 0.220. The van der Waals surface area contributed by atoms with Crippen molar-refractivity contribution >= 4 is 48.6 Å². The Balaban J connectivity index is 0.000000204. The molecule has 3 aromatic carbocycles. The molecule has 251 valence electrons. The molecule has 4 aromatic heterocycles. The van der Waals surface area contributed by atoms with Crippen molar-refractivity contribution in [2.75, 3.05) is 0 Å². The van der Waals surface area contributed by atoms with Gasteiger partial charge in [-0.05, 0) is 28.9 Å².